The third-order valence-electron chi connectivity index (χ3n) is 3.63. The predicted octanol–water partition coefficient (Wildman–Crippen LogP) is 4.85. The van der Waals surface area contributed by atoms with Gasteiger partial charge in [-0.1, -0.05) is 6.92 Å². The minimum Gasteiger partial charge on any atom is -0.378 e. The summed E-state index contributed by atoms with van der Waals surface area (Å²) in [6.45, 7) is 2.32. The highest BCUT2D eigenvalue weighted by Gasteiger charge is 2.26. The molecular formula is C16H20N2S2. The van der Waals surface area contributed by atoms with Crippen molar-refractivity contribution in [1.29, 1.82) is 0 Å². The summed E-state index contributed by atoms with van der Waals surface area (Å²) in [5, 5.41) is 6.58. The summed E-state index contributed by atoms with van der Waals surface area (Å²) in [5.41, 5.74) is 3.91. The van der Waals surface area contributed by atoms with Gasteiger partial charge in [-0.05, 0) is 47.7 Å². The Labute approximate surface area is 129 Å². The van der Waals surface area contributed by atoms with E-state index in [0.717, 1.165) is 0 Å². The van der Waals surface area contributed by atoms with Crippen LogP contribution in [0.25, 0.3) is 0 Å². The molecule has 4 heteroatoms. The van der Waals surface area contributed by atoms with Gasteiger partial charge in [-0.15, -0.1) is 23.1 Å². The number of hydrogen-bond acceptors (Lipinski definition) is 4. The molecule has 1 aliphatic rings. The van der Waals surface area contributed by atoms with Gasteiger partial charge in [0.15, 0.2) is 0 Å². The van der Waals surface area contributed by atoms with Crippen molar-refractivity contribution in [1.82, 2.24) is 0 Å². The lowest BCUT2D eigenvalue weighted by Gasteiger charge is -2.28. The van der Waals surface area contributed by atoms with Crippen molar-refractivity contribution in [3.8, 4) is 0 Å². The van der Waals surface area contributed by atoms with Gasteiger partial charge in [0.2, 0.25) is 0 Å². The molecule has 0 saturated heterocycles. The molecule has 2 nitrogen and oxygen atoms in total. The van der Waals surface area contributed by atoms with Crippen molar-refractivity contribution in [2.45, 2.75) is 28.8 Å². The number of thiophene rings is 1. The van der Waals surface area contributed by atoms with Crippen molar-refractivity contribution in [2.75, 3.05) is 24.3 Å². The number of thioether (sulfide) groups is 1. The van der Waals surface area contributed by atoms with Crippen LogP contribution in [-0.4, -0.2) is 19.3 Å². The van der Waals surface area contributed by atoms with Gasteiger partial charge >= 0.3 is 0 Å². The van der Waals surface area contributed by atoms with Crippen LogP contribution in [0.2, 0.25) is 0 Å². The highest BCUT2D eigenvalue weighted by atomic mass is 32.2. The Balaban J connectivity index is 1.78. The lowest BCUT2D eigenvalue weighted by atomic mass is 10.0. The smallest absolute Gasteiger partial charge is 0.0653 e. The van der Waals surface area contributed by atoms with Crippen molar-refractivity contribution in [2.24, 2.45) is 0 Å². The fourth-order valence-corrected chi connectivity index (χ4v) is 5.11. The number of fused-ring (bicyclic) bond motifs is 1. The van der Waals surface area contributed by atoms with Gasteiger partial charge in [0.25, 0.3) is 0 Å². The van der Waals surface area contributed by atoms with Crippen LogP contribution in [-0.2, 0) is 0 Å². The van der Waals surface area contributed by atoms with Crippen LogP contribution in [0.1, 0.15) is 24.9 Å². The maximum atomic E-state index is 3.69. The maximum absolute atomic E-state index is 3.69. The average Bonchev–Trinajstić information content (AvgIpc) is 2.87. The largest absolute Gasteiger partial charge is 0.378 e. The van der Waals surface area contributed by atoms with Gasteiger partial charge in [0, 0.05) is 30.7 Å². The van der Waals surface area contributed by atoms with E-state index >= 15 is 0 Å². The Hall–Kier alpha value is -1.13. The highest BCUT2D eigenvalue weighted by Crippen LogP contribution is 2.44. The molecule has 0 saturated carbocycles. The van der Waals surface area contributed by atoms with Crippen LogP contribution in [0.5, 0.6) is 0 Å². The number of benzene rings is 1. The van der Waals surface area contributed by atoms with E-state index in [0.29, 0.717) is 11.3 Å². The van der Waals surface area contributed by atoms with Crippen LogP contribution >= 0.6 is 23.1 Å². The Kier molecular flexibility index (Phi) is 3.94. The Morgan fingerprint density at radius 3 is 2.60 bits per heavy atom. The summed E-state index contributed by atoms with van der Waals surface area (Å²) in [6.07, 6.45) is 1.18. The van der Waals surface area contributed by atoms with Crippen LogP contribution in [0.3, 0.4) is 0 Å². The molecular weight excluding hydrogens is 284 g/mol. The van der Waals surface area contributed by atoms with Gasteiger partial charge < -0.3 is 10.2 Å². The van der Waals surface area contributed by atoms with Crippen molar-refractivity contribution >= 4 is 34.5 Å². The first kappa shape index (κ1) is 13.8. The zero-order valence-electron chi connectivity index (χ0n) is 12.1. The lowest BCUT2D eigenvalue weighted by Crippen LogP contribution is -2.19. The number of hydrogen-bond donors (Lipinski definition) is 1. The van der Waals surface area contributed by atoms with E-state index < -0.39 is 0 Å². The first-order valence-electron chi connectivity index (χ1n) is 6.91. The molecule has 1 N–H and O–H groups in total. The molecule has 1 aromatic carbocycles. The minimum atomic E-state index is 0.442. The normalized spacial score (nSPS) is 21.4. The molecule has 0 amide bonds. The van der Waals surface area contributed by atoms with E-state index in [9.17, 15) is 0 Å². The third-order valence-corrected chi connectivity index (χ3v) is 5.98. The van der Waals surface area contributed by atoms with Crippen molar-refractivity contribution < 1.29 is 0 Å². The summed E-state index contributed by atoms with van der Waals surface area (Å²) in [4.78, 5) is 2.13. The molecule has 1 unspecified atom stereocenters. The minimum absolute atomic E-state index is 0.442. The number of nitrogens with one attached hydrogen (secondary N) is 1. The van der Waals surface area contributed by atoms with Gasteiger partial charge in [0.05, 0.1) is 10.3 Å². The quantitative estimate of drug-likeness (QED) is 0.872. The van der Waals surface area contributed by atoms with E-state index in [1.54, 1.807) is 0 Å². The number of rotatable bonds is 3. The highest BCUT2D eigenvalue weighted by molar-refractivity contribution is 8.01. The molecule has 0 aliphatic carbocycles. The molecule has 2 atom stereocenters. The molecule has 2 aromatic rings. The topological polar surface area (TPSA) is 15.3 Å². The Bertz CT molecular complexity index is 574. The van der Waals surface area contributed by atoms with Crippen LogP contribution in [0.15, 0.2) is 39.9 Å². The molecule has 106 valence electrons. The summed E-state index contributed by atoms with van der Waals surface area (Å²) in [5.74, 6) is 0. The fourth-order valence-electron chi connectivity index (χ4n) is 2.54. The van der Waals surface area contributed by atoms with E-state index in [1.807, 2.05) is 23.1 Å². The Morgan fingerprint density at radius 2 is 1.90 bits per heavy atom. The molecule has 0 radical (unpaired) electrons. The van der Waals surface area contributed by atoms with Gasteiger partial charge in [-0.3, -0.25) is 0 Å². The summed E-state index contributed by atoms with van der Waals surface area (Å²) in [7, 11) is 4.14. The standard InChI is InChI=1S/C16H20N2S2/c1-11-10-15(14-8-9-19-16(14)20-11)17-12-4-6-13(7-5-12)18(2)3/h4-9,11,15,17H,10H2,1-3H3/t11-,15?/m0/s1. The zero-order valence-corrected chi connectivity index (χ0v) is 13.7. The summed E-state index contributed by atoms with van der Waals surface area (Å²) < 4.78 is 1.48. The van der Waals surface area contributed by atoms with E-state index in [-0.39, 0.29) is 0 Å². The maximum Gasteiger partial charge on any atom is 0.0653 e. The van der Waals surface area contributed by atoms with Gasteiger partial charge in [-0.2, -0.15) is 0 Å². The molecule has 20 heavy (non-hydrogen) atoms. The van der Waals surface area contributed by atoms with Gasteiger partial charge in [0.1, 0.15) is 0 Å². The number of anilines is 2. The second kappa shape index (κ2) is 5.70. The first-order valence-corrected chi connectivity index (χ1v) is 8.67. The monoisotopic (exact) mass is 304 g/mol. The fraction of sp³-hybridized carbons (Fsp3) is 0.375. The Morgan fingerprint density at radius 1 is 1.15 bits per heavy atom. The molecule has 2 heterocycles. The predicted molar refractivity (Wildman–Crippen MR) is 91.4 cm³/mol. The van der Waals surface area contributed by atoms with Crippen molar-refractivity contribution in [3.05, 3.63) is 41.3 Å². The van der Waals surface area contributed by atoms with Crippen LogP contribution in [0.4, 0.5) is 11.4 Å². The second-order valence-electron chi connectivity index (χ2n) is 5.47. The summed E-state index contributed by atoms with van der Waals surface area (Å²) in [6, 6.07) is 11.4. The molecule has 3 rings (SSSR count). The first-order chi connectivity index (χ1) is 9.63. The van der Waals surface area contributed by atoms with E-state index in [4.69, 9.17) is 0 Å². The molecule has 0 bridgehead atoms. The van der Waals surface area contributed by atoms with Crippen molar-refractivity contribution in [3.63, 3.8) is 0 Å². The van der Waals surface area contributed by atoms with E-state index in [1.165, 1.54) is 27.6 Å². The van der Waals surface area contributed by atoms with E-state index in [2.05, 4.69) is 66.9 Å². The second-order valence-corrected chi connectivity index (χ2v) is 8.09. The van der Waals surface area contributed by atoms with Crippen LogP contribution in [0, 0.1) is 0 Å². The average molecular weight is 304 g/mol. The number of nitrogens with zero attached hydrogens (tertiary/aromatic N) is 1. The lowest BCUT2D eigenvalue weighted by molar-refractivity contribution is 0.670. The summed E-state index contributed by atoms with van der Waals surface area (Å²) >= 11 is 3.88. The SMILES string of the molecule is C[C@H]1CC(Nc2ccc(N(C)C)cc2)c2ccsc2S1. The zero-order chi connectivity index (χ0) is 14.1. The third kappa shape index (κ3) is 2.81. The van der Waals surface area contributed by atoms with Gasteiger partial charge in [-0.25, -0.2) is 0 Å². The molecule has 0 spiro atoms. The molecule has 1 aliphatic heterocycles. The molecule has 1 aromatic heterocycles. The van der Waals surface area contributed by atoms with Crippen LogP contribution < -0.4 is 10.2 Å². The molecule has 0 fully saturated rings.